The molecule has 1 aliphatic rings. The van der Waals surface area contributed by atoms with Gasteiger partial charge >= 0.3 is 0 Å². The summed E-state index contributed by atoms with van der Waals surface area (Å²) >= 11 is 3.55. The van der Waals surface area contributed by atoms with Crippen LogP contribution in [0.4, 0.5) is 0 Å². The molecule has 0 bridgehead atoms. The maximum atomic E-state index is 6.47. The van der Waals surface area contributed by atoms with Gasteiger partial charge in [-0.15, -0.1) is 0 Å². The maximum absolute atomic E-state index is 6.47. The van der Waals surface area contributed by atoms with Crippen LogP contribution in [-0.2, 0) is 11.0 Å². The molecule has 2 nitrogen and oxygen atoms in total. The summed E-state index contributed by atoms with van der Waals surface area (Å²) in [5.74, 6) is 0. The molecule has 24 heavy (non-hydrogen) atoms. The van der Waals surface area contributed by atoms with Crippen LogP contribution in [0.15, 0.2) is 28.9 Å². The Balaban J connectivity index is 1.97. The molecule has 0 saturated heterocycles. The fourth-order valence-corrected chi connectivity index (χ4v) is 4.18. The normalized spacial score (nSPS) is 15.6. The molecule has 1 aliphatic heterocycles. The largest absolute Gasteiger partial charge is 0.416 e. The van der Waals surface area contributed by atoms with Crippen LogP contribution in [-0.4, -0.2) is 26.4 Å². The van der Waals surface area contributed by atoms with Crippen molar-refractivity contribution >= 4 is 30.3 Å². The molecule has 0 aromatic heterocycles. The second kappa shape index (κ2) is 6.97. The van der Waals surface area contributed by atoms with Gasteiger partial charge in [0.1, 0.15) is 0 Å². The Labute approximate surface area is 157 Å². The van der Waals surface area contributed by atoms with Crippen LogP contribution in [0.5, 0.6) is 0 Å². The first kappa shape index (κ1) is 19.7. The van der Waals surface area contributed by atoms with Crippen molar-refractivity contribution in [3.8, 4) is 0 Å². The minimum absolute atomic E-state index is 0.132. The highest BCUT2D eigenvalue weighted by atomic mass is 79.9. The fraction of sp³-hybridized carbons (Fsp3) is 0.600. The van der Waals surface area contributed by atoms with Gasteiger partial charge in [-0.05, 0) is 53.7 Å². The standard InChI is InChI=1S/C20H32BrNOSi/c1-19(2,3)24(6,7)23-15-20(4,5)14-22-11-10-16-12-18(21)9-8-17(16)13-22/h8-12H,13-15H2,1-7H3. The average Bonchev–Trinajstić information content (AvgIpc) is 2.44. The van der Waals surface area contributed by atoms with Gasteiger partial charge in [0.25, 0.3) is 0 Å². The Morgan fingerprint density at radius 1 is 1.17 bits per heavy atom. The van der Waals surface area contributed by atoms with Crippen LogP contribution in [0.3, 0.4) is 0 Å². The third kappa shape index (κ3) is 4.96. The third-order valence-electron chi connectivity index (χ3n) is 5.21. The summed E-state index contributed by atoms with van der Waals surface area (Å²) < 4.78 is 7.61. The molecule has 4 heteroatoms. The lowest BCUT2D eigenvalue weighted by Gasteiger charge is -2.40. The molecule has 0 radical (unpaired) electrons. The Morgan fingerprint density at radius 2 is 1.83 bits per heavy atom. The van der Waals surface area contributed by atoms with Crippen molar-refractivity contribution < 1.29 is 4.43 Å². The summed E-state index contributed by atoms with van der Waals surface area (Å²) in [7, 11) is -1.69. The van der Waals surface area contributed by atoms with E-state index in [1.54, 1.807) is 0 Å². The van der Waals surface area contributed by atoms with Crippen LogP contribution < -0.4 is 0 Å². The first-order valence-corrected chi connectivity index (χ1v) is 12.4. The molecular weight excluding hydrogens is 378 g/mol. The van der Waals surface area contributed by atoms with Gasteiger partial charge in [-0.2, -0.15) is 0 Å². The van der Waals surface area contributed by atoms with E-state index in [9.17, 15) is 0 Å². The lowest BCUT2D eigenvalue weighted by Crippen LogP contribution is -2.45. The Morgan fingerprint density at radius 3 is 2.46 bits per heavy atom. The van der Waals surface area contributed by atoms with E-state index in [1.165, 1.54) is 11.1 Å². The molecule has 0 saturated carbocycles. The molecule has 1 aromatic rings. The van der Waals surface area contributed by atoms with Gasteiger partial charge < -0.3 is 9.33 Å². The van der Waals surface area contributed by atoms with Gasteiger partial charge in [0.15, 0.2) is 8.32 Å². The van der Waals surface area contributed by atoms with Gasteiger partial charge in [-0.25, -0.2) is 0 Å². The second-order valence-corrected chi connectivity index (χ2v) is 15.0. The van der Waals surface area contributed by atoms with Crippen molar-refractivity contribution in [2.75, 3.05) is 13.2 Å². The molecular formula is C20H32BrNOSi. The summed E-state index contributed by atoms with van der Waals surface area (Å²) in [6, 6.07) is 6.53. The molecule has 0 spiro atoms. The molecule has 0 atom stereocenters. The quantitative estimate of drug-likeness (QED) is 0.530. The van der Waals surface area contributed by atoms with Crippen LogP contribution >= 0.6 is 15.9 Å². The van der Waals surface area contributed by atoms with Crippen molar-refractivity contribution in [2.24, 2.45) is 5.41 Å². The number of nitrogens with zero attached hydrogens (tertiary/aromatic N) is 1. The number of halogens is 1. The summed E-state index contributed by atoms with van der Waals surface area (Å²) in [6.07, 6.45) is 4.44. The lowest BCUT2D eigenvalue weighted by atomic mass is 9.93. The average molecular weight is 410 g/mol. The van der Waals surface area contributed by atoms with Gasteiger partial charge in [0, 0.05) is 29.6 Å². The van der Waals surface area contributed by atoms with Crippen LogP contribution in [0.25, 0.3) is 6.08 Å². The molecule has 134 valence electrons. The Kier molecular flexibility index (Phi) is 5.73. The highest BCUT2D eigenvalue weighted by Crippen LogP contribution is 2.38. The van der Waals surface area contributed by atoms with Crippen molar-refractivity contribution in [1.29, 1.82) is 0 Å². The summed E-state index contributed by atoms with van der Waals surface area (Å²) in [5.41, 5.74) is 2.84. The Bertz CT molecular complexity index is 617. The first-order valence-electron chi connectivity index (χ1n) is 8.74. The summed E-state index contributed by atoms with van der Waals surface area (Å²) in [5, 5.41) is 0.264. The van der Waals surface area contributed by atoms with Gasteiger partial charge in [0.2, 0.25) is 0 Å². The third-order valence-corrected chi connectivity index (χ3v) is 10.2. The molecule has 0 N–H and O–H groups in total. The van der Waals surface area contributed by atoms with Crippen molar-refractivity contribution in [2.45, 2.75) is 59.3 Å². The molecule has 0 fully saturated rings. The zero-order valence-electron chi connectivity index (χ0n) is 16.2. The number of hydrogen-bond acceptors (Lipinski definition) is 2. The van der Waals surface area contributed by atoms with Crippen LogP contribution in [0.1, 0.15) is 45.7 Å². The van der Waals surface area contributed by atoms with E-state index in [0.717, 1.165) is 24.2 Å². The Hall–Kier alpha value is -0.583. The van der Waals surface area contributed by atoms with E-state index in [0.29, 0.717) is 0 Å². The van der Waals surface area contributed by atoms with E-state index < -0.39 is 8.32 Å². The molecule has 0 unspecified atom stereocenters. The molecule has 0 aliphatic carbocycles. The zero-order valence-corrected chi connectivity index (χ0v) is 18.8. The predicted octanol–water partition coefficient (Wildman–Crippen LogP) is 6.28. The minimum Gasteiger partial charge on any atom is -0.416 e. The lowest BCUT2D eigenvalue weighted by molar-refractivity contribution is 0.126. The van der Waals surface area contributed by atoms with Crippen LogP contribution in [0.2, 0.25) is 18.1 Å². The van der Waals surface area contributed by atoms with E-state index in [2.05, 4.69) is 99.0 Å². The van der Waals surface area contributed by atoms with E-state index >= 15 is 0 Å². The smallest absolute Gasteiger partial charge is 0.192 e. The second-order valence-electron chi connectivity index (χ2n) is 9.28. The fourth-order valence-electron chi connectivity index (χ4n) is 2.62. The highest BCUT2D eigenvalue weighted by molar-refractivity contribution is 9.10. The zero-order chi connectivity index (χ0) is 18.2. The van der Waals surface area contributed by atoms with Gasteiger partial charge in [-0.3, -0.25) is 0 Å². The number of hydrogen-bond donors (Lipinski definition) is 0. The van der Waals surface area contributed by atoms with E-state index in [-0.39, 0.29) is 10.5 Å². The van der Waals surface area contributed by atoms with Gasteiger partial charge in [0.05, 0.1) is 0 Å². The number of benzene rings is 1. The SMILES string of the molecule is CC(C)(CO[Si](C)(C)C(C)(C)C)CN1C=Cc2cc(Br)ccc2C1. The van der Waals surface area contributed by atoms with Gasteiger partial charge in [-0.1, -0.05) is 56.6 Å². The van der Waals surface area contributed by atoms with E-state index in [4.69, 9.17) is 4.43 Å². The number of fused-ring (bicyclic) bond motifs is 1. The number of rotatable bonds is 5. The summed E-state index contributed by atoms with van der Waals surface area (Å²) in [6.45, 7) is 19.0. The van der Waals surface area contributed by atoms with Crippen molar-refractivity contribution in [3.63, 3.8) is 0 Å². The van der Waals surface area contributed by atoms with Crippen molar-refractivity contribution in [1.82, 2.24) is 4.90 Å². The minimum atomic E-state index is -1.69. The van der Waals surface area contributed by atoms with Crippen LogP contribution in [0, 0.1) is 5.41 Å². The maximum Gasteiger partial charge on any atom is 0.192 e. The molecule has 2 rings (SSSR count). The highest BCUT2D eigenvalue weighted by Gasteiger charge is 2.38. The van der Waals surface area contributed by atoms with Crippen molar-refractivity contribution in [3.05, 3.63) is 40.0 Å². The predicted molar refractivity (Wildman–Crippen MR) is 111 cm³/mol. The monoisotopic (exact) mass is 409 g/mol. The molecule has 1 aromatic carbocycles. The summed E-state index contributed by atoms with van der Waals surface area (Å²) in [4.78, 5) is 2.41. The first-order chi connectivity index (χ1) is 10.9. The van der Waals surface area contributed by atoms with E-state index in [1.807, 2.05) is 0 Å². The molecule has 0 amide bonds. The molecule has 1 heterocycles. The topological polar surface area (TPSA) is 12.5 Å².